The summed E-state index contributed by atoms with van der Waals surface area (Å²) < 4.78 is 1.69. The molecule has 0 atom stereocenters. The Morgan fingerprint density at radius 1 is 1.32 bits per heavy atom. The smallest absolute Gasteiger partial charge is 0.261 e. The molecule has 0 bridgehead atoms. The van der Waals surface area contributed by atoms with Gasteiger partial charge in [0.2, 0.25) is 0 Å². The second-order valence-electron chi connectivity index (χ2n) is 5.01. The quantitative estimate of drug-likeness (QED) is 0.806. The number of pyridine rings is 1. The van der Waals surface area contributed by atoms with Crippen molar-refractivity contribution >= 4 is 17.2 Å². The Hall–Kier alpha value is -2.47. The number of carbonyl (C=O) groups excluding carboxylic acids is 1. The van der Waals surface area contributed by atoms with Crippen LogP contribution < -0.4 is 5.32 Å². The molecular formula is C16H16N4OS. The van der Waals surface area contributed by atoms with Crippen LogP contribution in [0.5, 0.6) is 0 Å². The first kappa shape index (κ1) is 14.5. The topological polar surface area (TPSA) is 59.8 Å². The van der Waals surface area contributed by atoms with E-state index >= 15 is 0 Å². The molecule has 0 saturated heterocycles. The summed E-state index contributed by atoms with van der Waals surface area (Å²) in [5.41, 5.74) is 2.14. The van der Waals surface area contributed by atoms with Crippen LogP contribution in [0.1, 0.15) is 25.7 Å². The van der Waals surface area contributed by atoms with E-state index in [-0.39, 0.29) is 5.91 Å². The fraction of sp³-hybridized carbons (Fsp3) is 0.188. The first-order chi connectivity index (χ1) is 10.6. The van der Waals surface area contributed by atoms with Crippen LogP contribution in [0.25, 0.3) is 5.82 Å². The first-order valence-corrected chi connectivity index (χ1v) is 7.75. The van der Waals surface area contributed by atoms with Crippen LogP contribution in [0.3, 0.4) is 0 Å². The van der Waals surface area contributed by atoms with Gasteiger partial charge in [-0.05, 0) is 49.2 Å². The number of aromatic nitrogens is 3. The van der Waals surface area contributed by atoms with Crippen molar-refractivity contribution in [3.8, 4) is 5.82 Å². The molecule has 22 heavy (non-hydrogen) atoms. The van der Waals surface area contributed by atoms with Crippen LogP contribution in [-0.4, -0.2) is 20.7 Å². The summed E-state index contributed by atoms with van der Waals surface area (Å²) in [5, 5.41) is 7.09. The lowest BCUT2D eigenvalue weighted by Gasteiger charge is -2.06. The second kappa shape index (κ2) is 6.11. The summed E-state index contributed by atoms with van der Waals surface area (Å²) in [7, 11) is 0. The Kier molecular flexibility index (Phi) is 4.02. The third-order valence-corrected chi connectivity index (χ3v) is 4.54. The van der Waals surface area contributed by atoms with E-state index in [4.69, 9.17) is 0 Å². The molecular weight excluding hydrogens is 296 g/mol. The number of nitrogens with zero attached hydrogens (tertiary/aromatic N) is 3. The van der Waals surface area contributed by atoms with Gasteiger partial charge in [0, 0.05) is 30.0 Å². The van der Waals surface area contributed by atoms with Gasteiger partial charge in [0.1, 0.15) is 0 Å². The normalized spacial score (nSPS) is 10.6. The average Bonchev–Trinajstić information content (AvgIpc) is 3.16. The number of amides is 1. The Morgan fingerprint density at radius 2 is 2.18 bits per heavy atom. The zero-order chi connectivity index (χ0) is 15.5. The lowest BCUT2D eigenvalue weighted by molar-refractivity contribution is 0.0955. The Balaban J connectivity index is 1.69. The molecule has 5 nitrogen and oxygen atoms in total. The summed E-state index contributed by atoms with van der Waals surface area (Å²) in [6.07, 6.45) is 5.26. The summed E-state index contributed by atoms with van der Waals surface area (Å²) in [6, 6.07) is 7.57. The van der Waals surface area contributed by atoms with Crippen molar-refractivity contribution in [1.82, 2.24) is 20.1 Å². The van der Waals surface area contributed by atoms with Crippen molar-refractivity contribution in [3.63, 3.8) is 0 Å². The molecule has 0 unspecified atom stereocenters. The lowest BCUT2D eigenvalue weighted by Crippen LogP contribution is -2.22. The average molecular weight is 312 g/mol. The van der Waals surface area contributed by atoms with Crippen molar-refractivity contribution in [2.45, 2.75) is 20.4 Å². The monoisotopic (exact) mass is 312 g/mol. The summed E-state index contributed by atoms with van der Waals surface area (Å²) in [6.45, 7) is 4.50. The third-order valence-electron chi connectivity index (χ3n) is 3.39. The molecule has 0 aliphatic rings. The molecule has 0 fully saturated rings. The van der Waals surface area contributed by atoms with E-state index in [1.807, 2.05) is 44.3 Å². The van der Waals surface area contributed by atoms with Gasteiger partial charge in [-0.25, -0.2) is 9.67 Å². The van der Waals surface area contributed by atoms with Crippen LogP contribution in [0.2, 0.25) is 0 Å². The number of thiophene rings is 1. The second-order valence-corrected chi connectivity index (χ2v) is 6.26. The summed E-state index contributed by atoms with van der Waals surface area (Å²) in [5.74, 6) is 0.693. The summed E-state index contributed by atoms with van der Waals surface area (Å²) in [4.78, 5) is 18.4. The highest BCUT2D eigenvalue weighted by Crippen LogP contribution is 2.20. The van der Waals surface area contributed by atoms with E-state index in [0.717, 1.165) is 21.8 Å². The van der Waals surface area contributed by atoms with E-state index < -0.39 is 0 Å². The number of carbonyl (C=O) groups is 1. The van der Waals surface area contributed by atoms with Crippen molar-refractivity contribution in [2.24, 2.45) is 0 Å². The minimum absolute atomic E-state index is 0.0429. The number of rotatable bonds is 4. The molecule has 0 saturated carbocycles. The Labute approximate surface area is 132 Å². The van der Waals surface area contributed by atoms with Crippen LogP contribution in [-0.2, 0) is 6.54 Å². The molecule has 3 heterocycles. The zero-order valence-corrected chi connectivity index (χ0v) is 13.2. The molecule has 3 aromatic rings. The van der Waals surface area contributed by atoms with E-state index in [0.29, 0.717) is 6.54 Å². The Bertz CT molecular complexity index is 773. The maximum atomic E-state index is 12.2. The van der Waals surface area contributed by atoms with Crippen molar-refractivity contribution in [1.29, 1.82) is 0 Å². The third kappa shape index (κ3) is 3.07. The fourth-order valence-electron chi connectivity index (χ4n) is 2.05. The minimum Gasteiger partial charge on any atom is -0.347 e. The van der Waals surface area contributed by atoms with E-state index in [2.05, 4.69) is 15.4 Å². The molecule has 0 spiro atoms. The molecule has 1 N–H and O–H groups in total. The van der Waals surface area contributed by atoms with Crippen LogP contribution in [0, 0.1) is 13.8 Å². The lowest BCUT2D eigenvalue weighted by atomic mass is 10.2. The summed E-state index contributed by atoms with van der Waals surface area (Å²) >= 11 is 1.52. The standard InChI is InChI=1S/C16H16N4OS/c1-11-8-14(22-12(11)2)16(21)18-10-13-4-6-17-15(9-13)20-7-3-5-19-20/h3-9H,10H2,1-2H3,(H,18,21). The number of hydrogen-bond acceptors (Lipinski definition) is 4. The van der Waals surface area contributed by atoms with Crippen molar-refractivity contribution in [3.05, 3.63) is 63.7 Å². The highest BCUT2D eigenvalue weighted by Gasteiger charge is 2.10. The highest BCUT2D eigenvalue weighted by atomic mass is 32.1. The van der Waals surface area contributed by atoms with Gasteiger partial charge in [0.25, 0.3) is 5.91 Å². The van der Waals surface area contributed by atoms with Gasteiger partial charge in [0.15, 0.2) is 5.82 Å². The molecule has 6 heteroatoms. The van der Waals surface area contributed by atoms with Crippen molar-refractivity contribution < 1.29 is 4.79 Å². The van der Waals surface area contributed by atoms with Gasteiger partial charge in [-0.3, -0.25) is 4.79 Å². The molecule has 0 radical (unpaired) electrons. The van der Waals surface area contributed by atoms with Crippen LogP contribution in [0.15, 0.2) is 42.9 Å². The van der Waals surface area contributed by atoms with Crippen LogP contribution >= 0.6 is 11.3 Å². The highest BCUT2D eigenvalue weighted by molar-refractivity contribution is 7.14. The predicted molar refractivity (Wildman–Crippen MR) is 86.3 cm³/mol. The van der Waals surface area contributed by atoms with E-state index in [9.17, 15) is 4.79 Å². The van der Waals surface area contributed by atoms with Crippen LogP contribution in [0.4, 0.5) is 0 Å². The largest absolute Gasteiger partial charge is 0.347 e. The van der Waals surface area contributed by atoms with Gasteiger partial charge in [-0.1, -0.05) is 0 Å². The predicted octanol–water partition coefficient (Wildman–Crippen LogP) is 2.88. The van der Waals surface area contributed by atoms with Gasteiger partial charge in [0.05, 0.1) is 4.88 Å². The van der Waals surface area contributed by atoms with Crippen molar-refractivity contribution in [2.75, 3.05) is 0 Å². The molecule has 0 aromatic carbocycles. The molecule has 0 aliphatic carbocycles. The molecule has 3 rings (SSSR count). The van der Waals surface area contributed by atoms with Gasteiger partial charge in [-0.2, -0.15) is 5.10 Å². The number of aryl methyl sites for hydroxylation is 2. The zero-order valence-electron chi connectivity index (χ0n) is 12.4. The van der Waals surface area contributed by atoms with E-state index in [1.54, 1.807) is 17.1 Å². The maximum Gasteiger partial charge on any atom is 0.261 e. The molecule has 112 valence electrons. The van der Waals surface area contributed by atoms with Gasteiger partial charge in [-0.15, -0.1) is 11.3 Å². The minimum atomic E-state index is -0.0429. The maximum absolute atomic E-state index is 12.2. The van der Waals surface area contributed by atoms with E-state index in [1.165, 1.54) is 16.2 Å². The van der Waals surface area contributed by atoms with Gasteiger partial charge >= 0.3 is 0 Å². The fourth-order valence-corrected chi connectivity index (χ4v) is 3.01. The number of hydrogen-bond donors (Lipinski definition) is 1. The number of nitrogens with one attached hydrogen (secondary N) is 1. The molecule has 0 aliphatic heterocycles. The molecule has 1 amide bonds. The SMILES string of the molecule is Cc1cc(C(=O)NCc2ccnc(-n3cccn3)c2)sc1C. The van der Waals surface area contributed by atoms with Gasteiger partial charge < -0.3 is 5.32 Å². The Morgan fingerprint density at radius 3 is 2.86 bits per heavy atom. The molecule has 3 aromatic heterocycles. The first-order valence-electron chi connectivity index (χ1n) is 6.93.